The number of carbonyl (C=O) groups is 2. The van der Waals surface area contributed by atoms with Crippen molar-refractivity contribution in [3.63, 3.8) is 0 Å². The number of nitrogens with two attached hydrogens (primary N) is 1. The molecule has 0 saturated carbocycles. The van der Waals surface area contributed by atoms with Gasteiger partial charge in [-0.1, -0.05) is 27.2 Å². The molecule has 2 unspecified atom stereocenters. The lowest BCUT2D eigenvalue weighted by Gasteiger charge is -2.39. The molecule has 2 heterocycles. The van der Waals surface area contributed by atoms with Crippen molar-refractivity contribution in [2.45, 2.75) is 46.2 Å². The predicted molar refractivity (Wildman–Crippen MR) is 109 cm³/mol. The SMILES string of the molecule is CCCC(C(N)=O)C(CC(C)C)C(=O)N1CCN(c2ncccc2C(F)(F)F)CC1. The summed E-state index contributed by atoms with van der Waals surface area (Å²) in [6.45, 7) is 6.96. The monoisotopic (exact) mass is 428 g/mol. The average molecular weight is 428 g/mol. The Labute approximate surface area is 175 Å². The number of carbonyl (C=O) groups excluding carboxylic acids is 2. The van der Waals surface area contributed by atoms with Crippen LogP contribution in [0.25, 0.3) is 0 Å². The molecule has 2 rings (SSSR count). The summed E-state index contributed by atoms with van der Waals surface area (Å²) in [7, 11) is 0. The van der Waals surface area contributed by atoms with E-state index in [1.54, 1.807) is 9.80 Å². The largest absolute Gasteiger partial charge is 0.419 e. The fraction of sp³-hybridized carbons (Fsp3) is 0.667. The van der Waals surface area contributed by atoms with E-state index in [9.17, 15) is 22.8 Å². The smallest absolute Gasteiger partial charge is 0.369 e. The summed E-state index contributed by atoms with van der Waals surface area (Å²) >= 11 is 0. The van der Waals surface area contributed by atoms with Crippen LogP contribution in [0.1, 0.15) is 45.6 Å². The van der Waals surface area contributed by atoms with E-state index in [1.807, 2.05) is 20.8 Å². The van der Waals surface area contributed by atoms with Gasteiger partial charge in [-0.15, -0.1) is 0 Å². The topological polar surface area (TPSA) is 79.5 Å². The lowest BCUT2D eigenvalue weighted by atomic mass is 9.81. The van der Waals surface area contributed by atoms with Crippen LogP contribution in [0.3, 0.4) is 0 Å². The summed E-state index contributed by atoms with van der Waals surface area (Å²) in [5.74, 6) is -1.56. The summed E-state index contributed by atoms with van der Waals surface area (Å²) in [4.78, 5) is 32.4. The molecule has 1 aromatic heterocycles. The van der Waals surface area contributed by atoms with E-state index in [-0.39, 0.29) is 43.8 Å². The molecule has 2 N–H and O–H groups in total. The van der Waals surface area contributed by atoms with Crippen LogP contribution < -0.4 is 10.6 Å². The second-order valence-electron chi connectivity index (χ2n) is 8.22. The van der Waals surface area contributed by atoms with E-state index in [4.69, 9.17) is 5.73 Å². The predicted octanol–water partition coefficient (Wildman–Crippen LogP) is 3.31. The summed E-state index contributed by atoms with van der Waals surface area (Å²) in [6.07, 6.45) is -1.33. The molecule has 1 aliphatic heterocycles. The first-order valence-corrected chi connectivity index (χ1v) is 10.4. The van der Waals surface area contributed by atoms with Crippen LogP contribution in [-0.2, 0) is 15.8 Å². The van der Waals surface area contributed by atoms with Gasteiger partial charge in [-0.05, 0) is 30.9 Å². The minimum Gasteiger partial charge on any atom is -0.369 e. The molecule has 9 heteroatoms. The van der Waals surface area contributed by atoms with Crippen molar-refractivity contribution >= 4 is 17.6 Å². The van der Waals surface area contributed by atoms with Crippen LogP contribution >= 0.6 is 0 Å². The van der Waals surface area contributed by atoms with Gasteiger partial charge in [0.1, 0.15) is 5.82 Å². The maximum absolute atomic E-state index is 13.3. The van der Waals surface area contributed by atoms with Gasteiger partial charge in [0.15, 0.2) is 0 Å². The number of hydrogen-bond acceptors (Lipinski definition) is 4. The molecule has 0 spiro atoms. The Hall–Kier alpha value is -2.32. The van der Waals surface area contributed by atoms with E-state index in [1.165, 1.54) is 12.3 Å². The van der Waals surface area contributed by atoms with Gasteiger partial charge in [0.05, 0.1) is 5.56 Å². The molecule has 168 valence electrons. The molecule has 1 saturated heterocycles. The molecule has 6 nitrogen and oxygen atoms in total. The number of alkyl halides is 3. The molecular formula is C21H31F3N4O2. The van der Waals surface area contributed by atoms with E-state index >= 15 is 0 Å². The van der Waals surface area contributed by atoms with Crippen LogP contribution in [0.4, 0.5) is 19.0 Å². The first-order valence-electron chi connectivity index (χ1n) is 10.4. The number of primary amides is 1. The third-order valence-electron chi connectivity index (χ3n) is 5.48. The van der Waals surface area contributed by atoms with Gasteiger partial charge < -0.3 is 15.5 Å². The van der Waals surface area contributed by atoms with Crippen molar-refractivity contribution < 1.29 is 22.8 Å². The number of anilines is 1. The lowest BCUT2D eigenvalue weighted by Crippen LogP contribution is -2.52. The van der Waals surface area contributed by atoms with Crippen LogP contribution in [0, 0.1) is 17.8 Å². The highest BCUT2D eigenvalue weighted by Gasteiger charge is 2.38. The zero-order valence-corrected chi connectivity index (χ0v) is 17.8. The zero-order valence-electron chi connectivity index (χ0n) is 17.8. The Balaban J connectivity index is 2.14. The number of piperazine rings is 1. The molecule has 2 amide bonds. The third kappa shape index (κ3) is 5.86. The van der Waals surface area contributed by atoms with Crippen LogP contribution in [0.5, 0.6) is 0 Å². The van der Waals surface area contributed by atoms with Crippen LogP contribution in [-0.4, -0.2) is 47.9 Å². The molecule has 2 atom stereocenters. The van der Waals surface area contributed by atoms with Crippen LogP contribution in [0.2, 0.25) is 0 Å². The Morgan fingerprint density at radius 3 is 2.30 bits per heavy atom. The number of rotatable bonds is 8. The summed E-state index contributed by atoms with van der Waals surface area (Å²) in [5.41, 5.74) is 4.81. The molecule has 1 aromatic rings. The molecule has 1 fully saturated rings. The maximum Gasteiger partial charge on any atom is 0.419 e. The van der Waals surface area contributed by atoms with Crippen molar-refractivity contribution in [2.24, 2.45) is 23.5 Å². The van der Waals surface area contributed by atoms with Crippen LogP contribution in [0.15, 0.2) is 18.3 Å². The van der Waals surface area contributed by atoms with Gasteiger partial charge in [0.25, 0.3) is 0 Å². The maximum atomic E-state index is 13.3. The van der Waals surface area contributed by atoms with E-state index in [0.29, 0.717) is 12.8 Å². The van der Waals surface area contributed by atoms with E-state index < -0.39 is 29.5 Å². The number of pyridine rings is 1. The van der Waals surface area contributed by atoms with Gasteiger partial charge in [-0.25, -0.2) is 4.98 Å². The number of amides is 2. The van der Waals surface area contributed by atoms with E-state index in [0.717, 1.165) is 12.5 Å². The Kier molecular flexibility index (Phi) is 8.09. The van der Waals surface area contributed by atoms with E-state index in [2.05, 4.69) is 4.98 Å². The lowest BCUT2D eigenvalue weighted by molar-refractivity contribution is -0.142. The van der Waals surface area contributed by atoms with Crippen molar-refractivity contribution in [2.75, 3.05) is 31.1 Å². The first-order chi connectivity index (χ1) is 14.1. The highest BCUT2D eigenvalue weighted by Crippen LogP contribution is 2.35. The van der Waals surface area contributed by atoms with Gasteiger partial charge in [0, 0.05) is 44.2 Å². The zero-order chi connectivity index (χ0) is 22.5. The number of hydrogen-bond donors (Lipinski definition) is 1. The minimum absolute atomic E-state index is 0.114. The molecule has 30 heavy (non-hydrogen) atoms. The Bertz CT molecular complexity index is 731. The van der Waals surface area contributed by atoms with Gasteiger partial charge in [0.2, 0.25) is 11.8 Å². The molecule has 0 bridgehead atoms. The molecule has 0 radical (unpaired) electrons. The third-order valence-corrected chi connectivity index (χ3v) is 5.48. The number of halogens is 3. The fourth-order valence-corrected chi connectivity index (χ4v) is 4.04. The Morgan fingerprint density at radius 2 is 1.80 bits per heavy atom. The average Bonchev–Trinajstić information content (AvgIpc) is 2.69. The second kappa shape index (κ2) is 10.1. The number of nitrogens with zero attached hydrogens (tertiary/aromatic N) is 3. The van der Waals surface area contributed by atoms with Gasteiger partial charge in [-0.3, -0.25) is 9.59 Å². The summed E-state index contributed by atoms with van der Waals surface area (Å²) in [6, 6.07) is 2.28. The van der Waals surface area contributed by atoms with Gasteiger partial charge >= 0.3 is 6.18 Å². The van der Waals surface area contributed by atoms with Crippen molar-refractivity contribution in [3.8, 4) is 0 Å². The molecular weight excluding hydrogens is 397 g/mol. The van der Waals surface area contributed by atoms with Crippen molar-refractivity contribution in [1.29, 1.82) is 0 Å². The van der Waals surface area contributed by atoms with Gasteiger partial charge in [-0.2, -0.15) is 13.2 Å². The molecule has 0 aromatic carbocycles. The highest BCUT2D eigenvalue weighted by molar-refractivity contribution is 5.87. The minimum atomic E-state index is -4.49. The highest BCUT2D eigenvalue weighted by atomic mass is 19.4. The second-order valence-corrected chi connectivity index (χ2v) is 8.22. The molecule has 1 aliphatic rings. The first kappa shape index (κ1) is 24.0. The number of aromatic nitrogens is 1. The quantitative estimate of drug-likeness (QED) is 0.689. The summed E-state index contributed by atoms with van der Waals surface area (Å²) < 4.78 is 39.9. The Morgan fingerprint density at radius 1 is 1.17 bits per heavy atom. The standard InChI is InChI=1S/C21H31F3N4O2/c1-4-6-15(18(25)29)16(13-14(2)3)20(30)28-11-9-27(10-12-28)19-17(21(22,23)24)7-5-8-26-19/h5,7-8,14-16H,4,6,9-13H2,1-3H3,(H2,25,29). The molecule has 0 aliphatic carbocycles. The fourth-order valence-electron chi connectivity index (χ4n) is 4.04. The van der Waals surface area contributed by atoms with Crippen molar-refractivity contribution in [3.05, 3.63) is 23.9 Å². The normalized spacial score (nSPS) is 17.2. The summed E-state index contributed by atoms with van der Waals surface area (Å²) in [5, 5.41) is 0. The van der Waals surface area contributed by atoms with Crippen molar-refractivity contribution in [1.82, 2.24) is 9.88 Å².